The van der Waals surface area contributed by atoms with E-state index in [-0.39, 0.29) is 11.9 Å². The molecule has 1 heterocycles. The average Bonchev–Trinajstić information content (AvgIpc) is 2.73. The molecule has 0 saturated carbocycles. The average molecular weight is 262 g/mol. The molecule has 1 N–H and O–H groups in total. The van der Waals surface area contributed by atoms with Crippen LogP contribution in [-0.4, -0.2) is 0 Å². The zero-order chi connectivity index (χ0) is 12.7. The van der Waals surface area contributed by atoms with Gasteiger partial charge in [0.15, 0.2) is 0 Å². The van der Waals surface area contributed by atoms with E-state index >= 15 is 0 Å². The lowest BCUT2D eigenvalue weighted by atomic mass is 9.99. The van der Waals surface area contributed by atoms with Crippen molar-refractivity contribution in [2.24, 2.45) is 0 Å². The van der Waals surface area contributed by atoms with Crippen molar-refractivity contribution in [2.45, 2.75) is 19.4 Å². The first-order valence-electron chi connectivity index (χ1n) is 5.95. The van der Waals surface area contributed by atoms with Crippen LogP contribution in [0.3, 0.4) is 0 Å². The molecule has 0 bridgehead atoms. The van der Waals surface area contributed by atoms with Crippen molar-refractivity contribution >= 4 is 17.3 Å². The van der Waals surface area contributed by atoms with Gasteiger partial charge in [-0.25, -0.2) is 4.39 Å². The molecule has 2 aromatic carbocycles. The quantitative estimate of drug-likeness (QED) is 0.797. The molecule has 3 rings (SSSR count). The largest absolute Gasteiger partial charge is 0.375 e. The number of nitrogens with one attached hydrogen (secondary N) is 1. The number of anilines is 1. The maximum Gasteiger partial charge on any atom is 0.148 e. The molecule has 1 nitrogen and oxygen atoms in total. The first kappa shape index (κ1) is 11.5. The Balaban J connectivity index is 1.99. The fraction of sp³-hybridized carbons (Fsp3) is 0.200. The van der Waals surface area contributed by atoms with E-state index in [9.17, 15) is 4.39 Å². The third kappa shape index (κ3) is 1.87. The van der Waals surface area contributed by atoms with Crippen LogP contribution in [0, 0.1) is 12.7 Å². The van der Waals surface area contributed by atoms with Crippen LogP contribution in [-0.2, 0) is 6.42 Å². The monoisotopic (exact) mass is 261 g/mol. The van der Waals surface area contributed by atoms with E-state index in [1.165, 1.54) is 17.2 Å². The maximum atomic E-state index is 13.8. The highest BCUT2D eigenvalue weighted by Crippen LogP contribution is 2.38. The second-order valence-corrected chi connectivity index (χ2v) is 5.12. The molecule has 0 saturated heterocycles. The summed E-state index contributed by atoms with van der Waals surface area (Å²) in [5.41, 5.74) is 3.97. The van der Waals surface area contributed by atoms with Gasteiger partial charge in [-0.15, -0.1) is 0 Å². The molecular formula is C15H13ClFN. The fourth-order valence-corrected chi connectivity index (χ4v) is 2.79. The molecule has 0 amide bonds. The van der Waals surface area contributed by atoms with Crippen LogP contribution >= 0.6 is 11.6 Å². The van der Waals surface area contributed by atoms with Crippen molar-refractivity contribution in [3.63, 3.8) is 0 Å². The van der Waals surface area contributed by atoms with Crippen molar-refractivity contribution in [2.75, 3.05) is 5.32 Å². The number of fused-ring (bicyclic) bond motifs is 1. The Morgan fingerprint density at radius 1 is 1.28 bits per heavy atom. The lowest BCUT2D eigenvalue weighted by Crippen LogP contribution is -2.07. The van der Waals surface area contributed by atoms with E-state index in [1.807, 2.05) is 18.2 Å². The molecule has 92 valence electrons. The predicted molar refractivity (Wildman–Crippen MR) is 72.7 cm³/mol. The molecule has 0 spiro atoms. The van der Waals surface area contributed by atoms with Crippen LogP contribution in [0.5, 0.6) is 0 Å². The van der Waals surface area contributed by atoms with Gasteiger partial charge in [0.05, 0.1) is 11.7 Å². The third-order valence-corrected chi connectivity index (χ3v) is 3.66. The van der Waals surface area contributed by atoms with E-state index in [0.717, 1.165) is 12.0 Å². The van der Waals surface area contributed by atoms with Gasteiger partial charge in [0.2, 0.25) is 0 Å². The van der Waals surface area contributed by atoms with Crippen molar-refractivity contribution in [1.82, 2.24) is 0 Å². The second-order valence-electron chi connectivity index (χ2n) is 4.68. The number of halogens is 2. The van der Waals surface area contributed by atoms with Crippen LogP contribution < -0.4 is 5.32 Å². The fourth-order valence-electron chi connectivity index (χ4n) is 2.56. The van der Waals surface area contributed by atoms with Crippen LogP contribution in [0.15, 0.2) is 36.4 Å². The van der Waals surface area contributed by atoms with Crippen LogP contribution in [0.1, 0.15) is 22.7 Å². The molecule has 1 aliphatic rings. The molecule has 0 fully saturated rings. The van der Waals surface area contributed by atoms with Gasteiger partial charge >= 0.3 is 0 Å². The summed E-state index contributed by atoms with van der Waals surface area (Å²) in [7, 11) is 0. The van der Waals surface area contributed by atoms with Crippen molar-refractivity contribution < 1.29 is 4.39 Å². The van der Waals surface area contributed by atoms with Gasteiger partial charge in [-0.3, -0.25) is 0 Å². The molecule has 3 heteroatoms. The summed E-state index contributed by atoms with van der Waals surface area (Å²) in [5.74, 6) is -0.270. The van der Waals surface area contributed by atoms with Gasteiger partial charge in [-0.2, -0.15) is 0 Å². The molecule has 1 aliphatic heterocycles. The molecule has 0 aliphatic carbocycles. The normalized spacial score (nSPS) is 17.4. The first-order valence-corrected chi connectivity index (χ1v) is 6.33. The SMILES string of the molecule is Cc1ccccc1C1Cc2cc(Cl)cc(F)c2N1. The summed E-state index contributed by atoms with van der Waals surface area (Å²) in [6.07, 6.45) is 0.775. The molecule has 0 aromatic heterocycles. The minimum absolute atomic E-state index is 0.133. The van der Waals surface area contributed by atoms with E-state index in [4.69, 9.17) is 11.6 Å². The zero-order valence-corrected chi connectivity index (χ0v) is 10.8. The molecule has 18 heavy (non-hydrogen) atoms. The molecule has 1 unspecified atom stereocenters. The van der Waals surface area contributed by atoms with E-state index in [1.54, 1.807) is 0 Å². The summed E-state index contributed by atoms with van der Waals surface area (Å²) in [6, 6.07) is 11.5. The summed E-state index contributed by atoms with van der Waals surface area (Å²) in [5, 5.41) is 3.71. The van der Waals surface area contributed by atoms with Gasteiger partial charge in [-0.05, 0) is 42.2 Å². The minimum Gasteiger partial charge on any atom is -0.375 e. The van der Waals surface area contributed by atoms with E-state index in [0.29, 0.717) is 10.7 Å². The molecule has 0 radical (unpaired) electrons. The Morgan fingerprint density at radius 2 is 2.06 bits per heavy atom. The van der Waals surface area contributed by atoms with Gasteiger partial charge < -0.3 is 5.32 Å². The van der Waals surface area contributed by atoms with Crippen LogP contribution in [0.4, 0.5) is 10.1 Å². The number of hydrogen-bond acceptors (Lipinski definition) is 1. The number of benzene rings is 2. The molecule has 1 atom stereocenters. The van der Waals surface area contributed by atoms with Gasteiger partial charge in [-0.1, -0.05) is 35.9 Å². The Bertz CT molecular complexity index is 609. The van der Waals surface area contributed by atoms with Crippen molar-refractivity contribution in [3.8, 4) is 0 Å². The third-order valence-electron chi connectivity index (χ3n) is 3.44. The van der Waals surface area contributed by atoms with Gasteiger partial charge in [0, 0.05) is 5.02 Å². The topological polar surface area (TPSA) is 12.0 Å². The highest BCUT2D eigenvalue weighted by atomic mass is 35.5. The van der Waals surface area contributed by atoms with Gasteiger partial charge in [0.25, 0.3) is 0 Å². The highest BCUT2D eigenvalue weighted by Gasteiger charge is 2.25. The molecular weight excluding hydrogens is 249 g/mol. The Labute approximate surface area is 111 Å². The minimum atomic E-state index is -0.270. The summed E-state index contributed by atoms with van der Waals surface area (Å²) >= 11 is 5.89. The Kier molecular flexibility index (Phi) is 2.75. The van der Waals surface area contributed by atoms with E-state index in [2.05, 4.69) is 24.4 Å². The van der Waals surface area contributed by atoms with Gasteiger partial charge in [0.1, 0.15) is 5.82 Å². The summed E-state index contributed by atoms with van der Waals surface area (Å²) < 4.78 is 13.8. The van der Waals surface area contributed by atoms with Crippen LogP contribution in [0.2, 0.25) is 5.02 Å². The summed E-state index contributed by atoms with van der Waals surface area (Å²) in [4.78, 5) is 0. The van der Waals surface area contributed by atoms with Crippen LogP contribution in [0.25, 0.3) is 0 Å². The second kappa shape index (κ2) is 4.29. The lowest BCUT2D eigenvalue weighted by molar-refractivity contribution is 0.631. The Morgan fingerprint density at radius 3 is 2.83 bits per heavy atom. The molecule has 2 aromatic rings. The Hall–Kier alpha value is -1.54. The highest BCUT2D eigenvalue weighted by molar-refractivity contribution is 6.30. The zero-order valence-electron chi connectivity index (χ0n) is 10.0. The predicted octanol–water partition coefficient (Wildman–Crippen LogP) is 4.50. The lowest BCUT2D eigenvalue weighted by Gasteiger charge is -2.14. The summed E-state index contributed by atoms with van der Waals surface area (Å²) in [6.45, 7) is 2.07. The first-order chi connectivity index (χ1) is 8.65. The van der Waals surface area contributed by atoms with Crippen molar-refractivity contribution in [1.29, 1.82) is 0 Å². The number of rotatable bonds is 1. The van der Waals surface area contributed by atoms with E-state index < -0.39 is 0 Å². The van der Waals surface area contributed by atoms with Crippen molar-refractivity contribution in [3.05, 3.63) is 63.9 Å². The number of aryl methyl sites for hydroxylation is 1. The maximum absolute atomic E-state index is 13.8. The standard InChI is InChI=1S/C15H13ClFN/c1-9-4-2-3-5-12(9)14-7-10-6-11(16)8-13(17)15(10)18-14/h2-6,8,14,18H,7H2,1H3. The smallest absolute Gasteiger partial charge is 0.148 e. The number of hydrogen-bond donors (Lipinski definition) is 1.